The fourth-order valence-corrected chi connectivity index (χ4v) is 1.26. The molecule has 0 saturated carbocycles. The van der Waals surface area contributed by atoms with Crippen LogP contribution < -0.4 is 11.1 Å². The van der Waals surface area contributed by atoms with Crippen LogP contribution in [0.1, 0.15) is 18.5 Å². The first-order valence-electron chi connectivity index (χ1n) is 4.98. The van der Waals surface area contributed by atoms with Gasteiger partial charge in [-0.3, -0.25) is 4.79 Å². The minimum absolute atomic E-state index is 0.0639. The molecule has 1 aromatic rings. The molecule has 0 aliphatic heterocycles. The summed E-state index contributed by atoms with van der Waals surface area (Å²) in [4.78, 5) is 10.5. The minimum atomic E-state index is -1.04. The van der Waals surface area contributed by atoms with E-state index >= 15 is 0 Å². The average molecular weight is 226 g/mol. The highest BCUT2D eigenvalue weighted by molar-refractivity contribution is 5.73. The highest BCUT2D eigenvalue weighted by Crippen LogP contribution is 2.12. The van der Waals surface area contributed by atoms with E-state index in [1.165, 1.54) is 12.1 Å². The van der Waals surface area contributed by atoms with Crippen LogP contribution >= 0.6 is 0 Å². The summed E-state index contributed by atoms with van der Waals surface area (Å²) in [5.41, 5.74) is 6.23. The fraction of sp³-hybridized carbons (Fsp3) is 0.364. The molecule has 16 heavy (non-hydrogen) atoms. The molecule has 5 heteroatoms. The van der Waals surface area contributed by atoms with Crippen molar-refractivity contribution in [3.05, 3.63) is 35.6 Å². The number of benzene rings is 1. The SMILES string of the molecule is CC(NCC(N)C(=O)O)c1ccc(F)cc1. The van der Waals surface area contributed by atoms with E-state index in [1.807, 2.05) is 6.92 Å². The number of carbonyl (C=O) groups is 1. The van der Waals surface area contributed by atoms with Gasteiger partial charge in [-0.1, -0.05) is 12.1 Å². The lowest BCUT2D eigenvalue weighted by molar-refractivity contribution is -0.138. The van der Waals surface area contributed by atoms with Crippen LogP contribution in [0.3, 0.4) is 0 Å². The summed E-state index contributed by atoms with van der Waals surface area (Å²) in [6.07, 6.45) is 0. The van der Waals surface area contributed by atoms with Gasteiger partial charge in [-0.05, 0) is 24.6 Å². The number of carboxylic acids is 1. The van der Waals surface area contributed by atoms with Crippen molar-refractivity contribution in [2.24, 2.45) is 5.73 Å². The fourth-order valence-electron chi connectivity index (χ4n) is 1.26. The van der Waals surface area contributed by atoms with E-state index in [1.54, 1.807) is 12.1 Å². The summed E-state index contributed by atoms with van der Waals surface area (Å²) >= 11 is 0. The molecule has 0 spiro atoms. The lowest BCUT2D eigenvalue weighted by atomic mass is 10.1. The molecular formula is C11H15FN2O2. The van der Waals surface area contributed by atoms with Crippen LogP contribution in [-0.2, 0) is 4.79 Å². The van der Waals surface area contributed by atoms with Gasteiger partial charge >= 0.3 is 5.97 Å². The molecule has 0 aromatic heterocycles. The third kappa shape index (κ3) is 3.60. The largest absolute Gasteiger partial charge is 0.480 e. The van der Waals surface area contributed by atoms with Crippen LogP contribution in [0.25, 0.3) is 0 Å². The second-order valence-corrected chi connectivity index (χ2v) is 3.63. The van der Waals surface area contributed by atoms with Crippen LogP contribution in [0.2, 0.25) is 0 Å². The van der Waals surface area contributed by atoms with Gasteiger partial charge < -0.3 is 16.2 Å². The molecule has 4 N–H and O–H groups in total. The number of nitrogens with two attached hydrogens (primary N) is 1. The molecule has 0 saturated heterocycles. The molecule has 0 aliphatic carbocycles. The second kappa shape index (κ2) is 5.58. The van der Waals surface area contributed by atoms with E-state index in [4.69, 9.17) is 10.8 Å². The third-order valence-corrected chi connectivity index (χ3v) is 2.33. The first-order valence-corrected chi connectivity index (χ1v) is 4.98. The molecular weight excluding hydrogens is 211 g/mol. The molecule has 0 radical (unpaired) electrons. The maximum absolute atomic E-state index is 12.7. The number of aliphatic carboxylic acids is 1. The first-order chi connectivity index (χ1) is 7.50. The maximum Gasteiger partial charge on any atom is 0.321 e. The summed E-state index contributed by atoms with van der Waals surface area (Å²) in [6, 6.07) is 5.04. The van der Waals surface area contributed by atoms with Crippen LogP contribution in [0, 0.1) is 5.82 Å². The zero-order valence-electron chi connectivity index (χ0n) is 8.98. The van der Waals surface area contributed by atoms with Crippen molar-refractivity contribution in [2.45, 2.75) is 19.0 Å². The molecule has 1 aromatic carbocycles. The summed E-state index contributed by atoms with van der Waals surface area (Å²) in [5, 5.41) is 11.6. The maximum atomic E-state index is 12.7. The third-order valence-electron chi connectivity index (χ3n) is 2.33. The monoisotopic (exact) mass is 226 g/mol. The van der Waals surface area contributed by atoms with Gasteiger partial charge in [-0.25, -0.2) is 4.39 Å². The van der Waals surface area contributed by atoms with E-state index in [2.05, 4.69) is 5.32 Å². The number of hydrogen-bond acceptors (Lipinski definition) is 3. The number of halogens is 1. The molecule has 4 nitrogen and oxygen atoms in total. The van der Waals surface area contributed by atoms with Gasteiger partial charge in [0.1, 0.15) is 11.9 Å². The molecule has 0 fully saturated rings. The summed E-state index contributed by atoms with van der Waals surface area (Å²) in [7, 11) is 0. The van der Waals surface area contributed by atoms with Gasteiger partial charge in [0.25, 0.3) is 0 Å². The van der Waals surface area contributed by atoms with Crippen LogP contribution in [0.15, 0.2) is 24.3 Å². The number of rotatable bonds is 5. The van der Waals surface area contributed by atoms with E-state index in [9.17, 15) is 9.18 Å². The van der Waals surface area contributed by atoms with Gasteiger partial charge in [0.05, 0.1) is 0 Å². The van der Waals surface area contributed by atoms with E-state index in [-0.39, 0.29) is 18.4 Å². The van der Waals surface area contributed by atoms with Gasteiger partial charge in [0.15, 0.2) is 0 Å². The van der Waals surface area contributed by atoms with Crippen molar-refractivity contribution in [3.63, 3.8) is 0 Å². The Kier molecular flexibility index (Phi) is 4.39. The average Bonchev–Trinajstić information content (AvgIpc) is 2.26. The van der Waals surface area contributed by atoms with Gasteiger partial charge in [-0.2, -0.15) is 0 Å². The van der Waals surface area contributed by atoms with Crippen LogP contribution in [-0.4, -0.2) is 23.7 Å². The molecule has 0 amide bonds. The van der Waals surface area contributed by atoms with Gasteiger partial charge in [0.2, 0.25) is 0 Å². The van der Waals surface area contributed by atoms with E-state index < -0.39 is 12.0 Å². The van der Waals surface area contributed by atoms with Crippen molar-refractivity contribution >= 4 is 5.97 Å². The molecule has 2 atom stereocenters. The zero-order chi connectivity index (χ0) is 12.1. The lowest BCUT2D eigenvalue weighted by Gasteiger charge is -2.15. The minimum Gasteiger partial charge on any atom is -0.480 e. The van der Waals surface area contributed by atoms with Gasteiger partial charge in [-0.15, -0.1) is 0 Å². The normalized spacial score (nSPS) is 14.4. The number of carboxylic acid groups (broad SMARTS) is 1. The Balaban J connectivity index is 2.49. The quantitative estimate of drug-likeness (QED) is 0.697. The zero-order valence-corrected chi connectivity index (χ0v) is 8.98. The summed E-state index contributed by atoms with van der Waals surface area (Å²) in [6.45, 7) is 2.04. The molecule has 88 valence electrons. The Labute approximate surface area is 93.3 Å². The predicted molar refractivity (Wildman–Crippen MR) is 58.4 cm³/mol. The van der Waals surface area contributed by atoms with Crippen LogP contribution in [0.4, 0.5) is 4.39 Å². The molecule has 0 bridgehead atoms. The van der Waals surface area contributed by atoms with Crippen molar-refractivity contribution < 1.29 is 14.3 Å². The number of nitrogens with one attached hydrogen (secondary N) is 1. The Hall–Kier alpha value is -1.46. The molecule has 2 unspecified atom stereocenters. The Bertz CT molecular complexity index is 354. The van der Waals surface area contributed by atoms with E-state index in [0.29, 0.717) is 0 Å². The molecule has 0 heterocycles. The smallest absolute Gasteiger partial charge is 0.321 e. The topological polar surface area (TPSA) is 75.3 Å². The van der Waals surface area contributed by atoms with Gasteiger partial charge in [0, 0.05) is 12.6 Å². The molecule has 0 aliphatic rings. The highest BCUT2D eigenvalue weighted by Gasteiger charge is 2.13. The van der Waals surface area contributed by atoms with Crippen molar-refractivity contribution in [2.75, 3.05) is 6.54 Å². The first kappa shape index (κ1) is 12.6. The van der Waals surface area contributed by atoms with Crippen LogP contribution in [0.5, 0.6) is 0 Å². The Morgan fingerprint density at radius 2 is 2.06 bits per heavy atom. The summed E-state index contributed by atoms with van der Waals surface area (Å²) < 4.78 is 12.7. The van der Waals surface area contributed by atoms with Crippen molar-refractivity contribution in [3.8, 4) is 0 Å². The Morgan fingerprint density at radius 1 is 1.50 bits per heavy atom. The van der Waals surface area contributed by atoms with Crippen molar-refractivity contribution in [1.29, 1.82) is 0 Å². The van der Waals surface area contributed by atoms with E-state index in [0.717, 1.165) is 5.56 Å². The predicted octanol–water partition coefficient (Wildman–Crippen LogP) is 0.888. The second-order valence-electron chi connectivity index (χ2n) is 3.63. The lowest BCUT2D eigenvalue weighted by Crippen LogP contribution is -2.41. The molecule has 1 rings (SSSR count). The number of hydrogen-bond donors (Lipinski definition) is 3. The highest BCUT2D eigenvalue weighted by atomic mass is 19.1. The standard InChI is InChI=1S/C11H15FN2O2/c1-7(14-6-10(13)11(15)16)8-2-4-9(12)5-3-8/h2-5,7,10,14H,6,13H2,1H3,(H,15,16). The Morgan fingerprint density at radius 3 is 2.56 bits per heavy atom. The summed E-state index contributed by atoms with van der Waals surface area (Å²) in [5.74, 6) is -1.34. The van der Waals surface area contributed by atoms with Crippen molar-refractivity contribution in [1.82, 2.24) is 5.32 Å².